The summed E-state index contributed by atoms with van der Waals surface area (Å²) in [5, 5.41) is 0. The van der Waals surface area contributed by atoms with Crippen molar-refractivity contribution in [3.63, 3.8) is 0 Å². The highest BCUT2D eigenvalue weighted by Gasteiger charge is 2.14. The highest BCUT2D eigenvalue weighted by Crippen LogP contribution is 2.16. The van der Waals surface area contributed by atoms with E-state index in [9.17, 15) is 9.59 Å². The van der Waals surface area contributed by atoms with Crippen molar-refractivity contribution >= 4 is 12.3 Å². The number of hydrogen-bond acceptors (Lipinski definition) is 3. The molecular weight excluding hydrogens is 456 g/mol. The molecule has 0 saturated carbocycles. The van der Waals surface area contributed by atoms with Crippen molar-refractivity contribution in [2.75, 3.05) is 0 Å². The lowest BCUT2D eigenvalue weighted by Gasteiger charge is -2.15. The van der Waals surface area contributed by atoms with Gasteiger partial charge in [0.25, 0.3) is 0 Å². The van der Waals surface area contributed by atoms with Gasteiger partial charge in [0.1, 0.15) is 6.10 Å². The third kappa shape index (κ3) is 29.5. The fraction of sp³-hybridized carbons (Fsp3) is 0.941. The van der Waals surface area contributed by atoms with E-state index in [1.807, 2.05) is 6.29 Å². The first-order valence-corrected chi connectivity index (χ1v) is 16.8. The fourth-order valence-corrected chi connectivity index (χ4v) is 5.22. The quantitative estimate of drug-likeness (QED) is 0.0673. The van der Waals surface area contributed by atoms with Gasteiger partial charge in [0, 0.05) is 6.42 Å². The molecule has 1 unspecified atom stereocenters. The van der Waals surface area contributed by atoms with Crippen molar-refractivity contribution < 1.29 is 14.3 Å². The lowest BCUT2D eigenvalue weighted by Crippen LogP contribution is -2.18. The van der Waals surface area contributed by atoms with Crippen molar-refractivity contribution in [2.45, 2.75) is 206 Å². The van der Waals surface area contributed by atoms with Crippen molar-refractivity contribution in [3.8, 4) is 0 Å². The van der Waals surface area contributed by atoms with Crippen LogP contribution < -0.4 is 0 Å². The van der Waals surface area contributed by atoms with Crippen LogP contribution in [0.25, 0.3) is 0 Å². The van der Waals surface area contributed by atoms with Gasteiger partial charge >= 0.3 is 5.97 Å². The second-order valence-corrected chi connectivity index (χ2v) is 11.5. The van der Waals surface area contributed by atoms with Crippen LogP contribution in [-0.2, 0) is 14.3 Å². The second-order valence-electron chi connectivity index (χ2n) is 11.5. The van der Waals surface area contributed by atoms with Gasteiger partial charge in [-0.3, -0.25) is 9.59 Å². The molecule has 0 aliphatic heterocycles. The number of hydrogen-bond donors (Lipinski definition) is 0. The summed E-state index contributed by atoms with van der Waals surface area (Å²) in [4.78, 5) is 23.0. The van der Waals surface area contributed by atoms with Gasteiger partial charge < -0.3 is 4.74 Å². The van der Waals surface area contributed by atoms with E-state index in [4.69, 9.17) is 4.74 Å². The van der Waals surface area contributed by atoms with Crippen molar-refractivity contribution in [2.24, 2.45) is 0 Å². The van der Waals surface area contributed by atoms with Gasteiger partial charge in [0.15, 0.2) is 0 Å². The molecule has 0 aromatic rings. The lowest BCUT2D eigenvalue weighted by molar-refractivity contribution is -0.149. The molecule has 0 aromatic heterocycles. The van der Waals surface area contributed by atoms with E-state index in [2.05, 4.69) is 13.8 Å². The van der Waals surface area contributed by atoms with Crippen LogP contribution >= 0.6 is 0 Å². The zero-order valence-corrected chi connectivity index (χ0v) is 25.3. The van der Waals surface area contributed by atoms with E-state index in [1.165, 1.54) is 141 Å². The Hall–Kier alpha value is -0.860. The molecular formula is C34H65O3. The van der Waals surface area contributed by atoms with Gasteiger partial charge in [-0.2, -0.15) is 0 Å². The van der Waals surface area contributed by atoms with E-state index >= 15 is 0 Å². The van der Waals surface area contributed by atoms with Crippen LogP contribution in [0.2, 0.25) is 0 Å². The second kappa shape index (κ2) is 31.4. The predicted octanol–water partition coefficient (Wildman–Crippen LogP) is 11.4. The van der Waals surface area contributed by atoms with Crippen molar-refractivity contribution in [1.82, 2.24) is 0 Å². The SMILES string of the molecule is CCCCCCCCCCCCCCCCCCCCCC(=O)OC(C[C]=O)CCCCCCCCC. The third-order valence-electron chi connectivity index (χ3n) is 7.72. The minimum Gasteiger partial charge on any atom is -0.462 e. The molecule has 0 aliphatic rings. The Morgan fingerprint density at radius 1 is 0.514 bits per heavy atom. The monoisotopic (exact) mass is 521 g/mol. The lowest BCUT2D eigenvalue weighted by atomic mass is 10.0. The Bertz CT molecular complexity index is 462. The van der Waals surface area contributed by atoms with Gasteiger partial charge in [-0.05, 0) is 19.3 Å². The molecule has 3 nitrogen and oxygen atoms in total. The average molecular weight is 522 g/mol. The first-order chi connectivity index (χ1) is 18.2. The molecule has 219 valence electrons. The predicted molar refractivity (Wildman–Crippen MR) is 161 cm³/mol. The highest BCUT2D eigenvalue weighted by atomic mass is 16.5. The smallest absolute Gasteiger partial charge is 0.306 e. The molecule has 0 N–H and O–H groups in total. The standard InChI is InChI=1S/C34H65O3/c1-3-5-7-9-11-12-13-14-15-16-17-18-19-20-21-22-24-26-28-30-34(36)37-33(31-32-35)29-27-25-23-10-8-6-4-2/h33H,3-31H2,1-2H3. The molecule has 3 heteroatoms. The third-order valence-corrected chi connectivity index (χ3v) is 7.72. The summed E-state index contributed by atoms with van der Waals surface area (Å²) in [5.41, 5.74) is 0. The van der Waals surface area contributed by atoms with Crippen LogP contribution in [0.15, 0.2) is 0 Å². The summed E-state index contributed by atoms with van der Waals surface area (Å²) < 4.78 is 5.57. The topological polar surface area (TPSA) is 43.4 Å². The number of unbranched alkanes of at least 4 members (excludes halogenated alkanes) is 24. The molecule has 0 amide bonds. The summed E-state index contributed by atoms with van der Waals surface area (Å²) >= 11 is 0. The van der Waals surface area contributed by atoms with Crippen LogP contribution in [0.3, 0.4) is 0 Å². The summed E-state index contributed by atoms with van der Waals surface area (Å²) in [7, 11) is 0. The largest absolute Gasteiger partial charge is 0.462 e. The molecule has 0 fully saturated rings. The summed E-state index contributed by atoms with van der Waals surface area (Å²) in [6.07, 6.45) is 37.5. The Morgan fingerprint density at radius 2 is 0.838 bits per heavy atom. The minimum atomic E-state index is -0.263. The van der Waals surface area contributed by atoms with Crippen LogP contribution in [0.4, 0.5) is 0 Å². The molecule has 0 heterocycles. The van der Waals surface area contributed by atoms with Gasteiger partial charge in [-0.25, -0.2) is 0 Å². The Kier molecular flexibility index (Phi) is 30.6. The summed E-state index contributed by atoms with van der Waals surface area (Å²) in [6, 6.07) is 0. The average Bonchev–Trinajstić information content (AvgIpc) is 2.89. The molecule has 37 heavy (non-hydrogen) atoms. The fourth-order valence-electron chi connectivity index (χ4n) is 5.22. The van der Waals surface area contributed by atoms with E-state index in [0.29, 0.717) is 6.42 Å². The summed E-state index contributed by atoms with van der Waals surface area (Å²) in [6.45, 7) is 4.52. The number of rotatable bonds is 31. The highest BCUT2D eigenvalue weighted by molar-refractivity contribution is 5.69. The molecule has 0 bridgehead atoms. The van der Waals surface area contributed by atoms with Gasteiger partial charge in [0.2, 0.25) is 6.29 Å². The zero-order valence-electron chi connectivity index (χ0n) is 25.3. The first-order valence-electron chi connectivity index (χ1n) is 16.8. The number of carbonyl (C=O) groups excluding carboxylic acids is 2. The molecule has 0 rings (SSSR count). The zero-order chi connectivity index (χ0) is 27.1. The van der Waals surface area contributed by atoms with Crippen LogP contribution in [-0.4, -0.2) is 18.4 Å². The van der Waals surface area contributed by atoms with Crippen molar-refractivity contribution in [3.05, 3.63) is 0 Å². The van der Waals surface area contributed by atoms with Crippen molar-refractivity contribution in [1.29, 1.82) is 0 Å². The van der Waals surface area contributed by atoms with Crippen LogP contribution in [0.1, 0.15) is 200 Å². The van der Waals surface area contributed by atoms with E-state index < -0.39 is 0 Å². The maximum Gasteiger partial charge on any atom is 0.306 e. The van der Waals surface area contributed by atoms with Gasteiger partial charge in [-0.15, -0.1) is 0 Å². The molecule has 0 saturated heterocycles. The number of ether oxygens (including phenoxy) is 1. The van der Waals surface area contributed by atoms with E-state index in [-0.39, 0.29) is 18.5 Å². The first kappa shape index (κ1) is 36.1. The van der Waals surface area contributed by atoms with Crippen LogP contribution in [0.5, 0.6) is 0 Å². The minimum absolute atomic E-state index is 0.129. The number of carbonyl (C=O) groups is 1. The maximum absolute atomic E-state index is 12.2. The maximum atomic E-state index is 12.2. The Balaban J connectivity index is 3.42. The Morgan fingerprint density at radius 3 is 1.19 bits per heavy atom. The molecule has 0 aliphatic carbocycles. The normalized spacial score (nSPS) is 12.1. The molecule has 0 aromatic carbocycles. The van der Waals surface area contributed by atoms with Crippen LogP contribution in [0, 0.1) is 0 Å². The summed E-state index contributed by atoms with van der Waals surface area (Å²) in [5.74, 6) is -0.129. The Labute approximate surface area is 232 Å². The van der Waals surface area contributed by atoms with Gasteiger partial charge in [-0.1, -0.05) is 168 Å². The van der Waals surface area contributed by atoms with E-state index in [1.54, 1.807) is 0 Å². The van der Waals surface area contributed by atoms with E-state index in [0.717, 1.165) is 32.1 Å². The molecule has 1 radical (unpaired) electrons. The molecule has 0 spiro atoms. The molecule has 1 atom stereocenters. The van der Waals surface area contributed by atoms with Gasteiger partial charge in [0.05, 0.1) is 6.42 Å². The number of esters is 1.